The Hall–Kier alpha value is -1.89. The molecule has 126 valence electrons. The van der Waals surface area contributed by atoms with Crippen molar-refractivity contribution in [3.63, 3.8) is 0 Å². The molecule has 1 amide bonds. The minimum absolute atomic E-state index is 0.0754. The summed E-state index contributed by atoms with van der Waals surface area (Å²) in [6.45, 7) is 0.867. The fourth-order valence-corrected chi connectivity index (χ4v) is 3.73. The van der Waals surface area contributed by atoms with Gasteiger partial charge in [0.05, 0.1) is 4.90 Å². The summed E-state index contributed by atoms with van der Waals surface area (Å²) in [5, 5.41) is 0.605. The molecular formula is C17H17ClN2O3S. The smallest absolute Gasteiger partial charge is 0.240 e. The van der Waals surface area contributed by atoms with Gasteiger partial charge >= 0.3 is 0 Å². The lowest BCUT2D eigenvalue weighted by molar-refractivity contribution is -0.117. The van der Waals surface area contributed by atoms with Gasteiger partial charge in [-0.1, -0.05) is 23.7 Å². The molecule has 0 spiro atoms. The van der Waals surface area contributed by atoms with Gasteiger partial charge in [-0.3, -0.25) is 4.79 Å². The van der Waals surface area contributed by atoms with E-state index in [-0.39, 0.29) is 17.3 Å². The van der Waals surface area contributed by atoms with Crippen LogP contribution >= 0.6 is 11.6 Å². The number of anilines is 1. The van der Waals surface area contributed by atoms with Crippen molar-refractivity contribution in [2.75, 3.05) is 11.4 Å². The summed E-state index contributed by atoms with van der Waals surface area (Å²) in [6.07, 6.45) is 1.38. The molecule has 5 nitrogen and oxygen atoms in total. The number of amides is 1. The number of hydrogen-bond acceptors (Lipinski definition) is 3. The van der Waals surface area contributed by atoms with Gasteiger partial charge in [0.25, 0.3) is 0 Å². The maximum Gasteiger partial charge on any atom is 0.240 e. The third-order valence-electron chi connectivity index (χ3n) is 3.91. The van der Waals surface area contributed by atoms with Crippen molar-refractivity contribution in [3.05, 3.63) is 59.1 Å². The second-order valence-electron chi connectivity index (χ2n) is 5.59. The molecule has 0 unspecified atom stereocenters. The van der Waals surface area contributed by atoms with Gasteiger partial charge in [-0.2, -0.15) is 0 Å². The van der Waals surface area contributed by atoms with E-state index in [1.54, 1.807) is 41.3 Å². The predicted octanol–water partition coefficient (Wildman–Crippen LogP) is 2.95. The van der Waals surface area contributed by atoms with Crippen molar-refractivity contribution in [1.29, 1.82) is 0 Å². The molecule has 1 saturated heterocycles. The molecule has 2 aromatic carbocycles. The summed E-state index contributed by atoms with van der Waals surface area (Å²) >= 11 is 5.81. The second kappa shape index (κ2) is 6.93. The van der Waals surface area contributed by atoms with Gasteiger partial charge in [-0.05, 0) is 48.4 Å². The first-order valence-corrected chi connectivity index (χ1v) is 9.46. The van der Waals surface area contributed by atoms with Gasteiger partial charge in [0.2, 0.25) is 15.9 Å². The summed E-state index contributed by atoms with van der Waals surface area (Å²) < 4.78 is 27.3. The lowest BCUT2D eigenvalue weighted by Crippen LogP contribution is -2.25. The first kappa shape index (κ1) is 17.0. The second-order valence-corrected chi connectivity index (χ2v) is 7.80. The third-order valence-corrected chi connectivity index (χ3v) is 5.58. The molecule has 24 heavy (non-hydrogen) atoms. The van der Waals surface area contributed by atoms with Crippen molar-refractivity contribution in [2.45, 2.75) is 24.3 Å². The molecule has 0 atom stereocenters. The van der Waals surface area contributed by atoms with Crippen molar-refractivity contribution >= 4 is 33.2 Å². The Morgan fingerprint density at radius 1 is 1.04 bits per heavy atom. The van der Waals surface area contributed by atoms with Crippen molar-refractivity contribution < 1.29 is 13.2 Å². The number of rotatable bonds is 5. The van der Waals surface area contributed by atoms with E-state index in [4.69, 9.17) is 11.6 Å². The van der Waals surface area contributed by atoms with Gasteiger partial charge in [0, 0.05) is 30.2 Å². The van der Waals surface area contributed by atoms with E-state index >= 15 is 0 Å². The minimum Gasteiger partial charge on any atom is -0.312 e. The molecule has 1 N–H and O–H groups in total. The molecule has 1 aliphatic heterocycles. The molecule has 7 heteroatoms. The summed E-state index contributed by atoms with van der Waals surface area (Å²) in [5.74, 6) is 0.0754. The number of benzene rings is 2. The van der Waals surface area contributed by atoms with Crippen molar-refractivity contribution in [3.8, 4) is 0 Å². The fraction of sp³-hybridized carbons (Fsp3) is 0.235. The molecule has 0 bridgehead atoms. The molecule has 1 fully saturated rings. The maximum atomic E-state index is 12.4. The first-order valence-electron chi connectivity index (χ1n) is 7.60. The van der Waals surface area contributed by atoms with Gasteiger partial charge in [-0.25, -0.2) is 13.1 Å². The molecule has 3 rings (SSSR count). The van der Waals surface area contributed by atoms with E-state index in [2.05, 4.69) is 4.72 Å². The van der Waals surface area contributed by atoms with Crippen molar-refractivity contribution in [1.82, 2.24) is 4.72 Å². The lowest BCUT2D eigenvalue weighted by Gasteiger charge is -2.16. The number of carbonyl (C=O) groups is 1. The minimum atomic E-state index is -3.61. The van der Waals surface area contributed by atoms with Crippen LogP contribution in [0.3, 0.4) is 0 Å². The molecule has 0 aliphatic carbocycles. The van der Waals surface area contributed by atoms with E-state index in [1.807, 2.05) is 0 Å². The van der Waals surface area contributed by atoms with E-state index in [1.165, 1.54) is 12.1 Å². The van der Waals surface area contributed by atoms with Gasteiger partial charge in [-0.15, -0.1) is 0 Å². The standard InChI is InChI=1S/C17H17ClN2O3S/c18-14-5-3-13(4-6-14)12-19-24(22,23)16-9-7-15(8-10-16)20-11-1-2-17(20)21/h3-10,19H,1-2,11-12H2. The van der Waals surface area contributed by atoms with E-state index < -0.39 is 10.0 Å². The quantitative estimate of drug-likeness (QED) is 0.887. The van der Waals surface area contributed by atoms with Gasteiger partial charge in [0.1, 0.15) is 0 Å². The monoisotopic (exact) mass is 364 g/mol. The summed E-state index contributed by atoms with van der Waals surface area (Å²) in [6, 6.07) is 13.3. The molecule has 1 aliphatic rings. The van der Waals surface area contributed by atoms with E-state index in [0.717, 1.165) is 17.7 Å². The Bertz CT molecular complexity index is 833. The number of sulfonamides is 1. The summed E-state index contributed by atoms with van der Waals surface area (Å²) in [5.41, 5.74) is 1.55. The maximum absolute atomic E-state index is 12.4. The third kappa shape index (κ3) is 3.77. The largest absolute Gasteiger partial charge is 0.312 e. The molecule has 0 radical (unpaired) electrons. The SMILES string of the molecule is O=C1CCCN1c1ccc(S(=O)(=O)NCc2ccc(Cl)cc2)cc1. The van der Waals surface area contributed by atoms with Crippen LogP contribution in [0.4, 0.5) is 5.69 Å². The topological polar surface area (TPSA) is 66.5 Å². The summed E-state index contributed by atoms with van der Waals surface area (Å²) in [7, 11) is -3.61. The Labute approximate surface area is 146 Å². The Balaban J connectivity index is 1.70. The zero-order chi connectivity index (χ0) is 17.2. The highest BCUT2D eigenvalue weighted by molar-refractivity contribution is 7.89. The Morgan fingerprint density at radius 2 is 1.71 bits per heavy atom. The number of halogens is 1. The highest BCUT2D eigenvalue weighted by Crippen LogP contribution is 2.23. The average molecular weight is 365 g/mol. The van der Waals surface area contributed by atoms with Crippen molar-refractivity contribution in [2.24, 2.45) is 0 Å². The van der Waals surface area contributed by atoms with Crippen LogP contribution in [0.5, 0.6) is 0 Å². The first-order chi connectivity index (χ1) is 11.5. The highest BCUT2D eigenvalue weighted by atomic mass is 35.5. The van der Waals surface area contributed by atoms with Crippen LogP contribution in [0, 0.1) is 0 Å². The summed E-state index contributed by atoms with van der Waals surface area (Å²) in [4.78, 5) is 13.6. The van der Waals surface area contributed by atoms with Crippen LogP contribution in [-0.4, -0.2) is 20.9 Å². The van der Waals surface area contributed by atoms with Gasteiger partial charge in [0.15, 0.2) is 0 Å². The van der Waals surface area contributed by atoms with Crippen LogP contribution < -0.4 is 9.62 Å². The van der Waals surface area contributed by atoms with Crippen LogP contribution in [0.2, 0.25) is 5.02 Å². The predicted molar refractivity (Wildman–Crippen MR) is 93.5 cm³/mol. The fourth-order valence-electron chi connectivity index (χ4n) is 2.59. The highest BCUT2D eigenvalue weighted by Gasteiger charge is 2.22. The average Bonchev–Trinajstić information content (AvgIpc) is 3.01. The molecule has 0 aromatic heterocycles. The van der Waals surface area contributed by atoms with Crippen LogP contribution in [0.1, 0.15) is 18.4 Å². The normalized spacial score (nSPS) is 15.0. The van der Waals surface area contributed by atoms with E-state index in [0.29, 0.717) is 18.0 Å². The number of nitrogens with zero attached hydrogens (tertiary/aromatic N) is 1. The Morgan fingerprint density at radius 3 is 2.29 bits per heavy atom. The zero-order valence-corrected chi connectivity index (χ0v) is 14.5. The van der Waals surface area contributed by atoms with E-state index in [9.17, 15) is 13.2 Å². The van der Waals surface area contributed by atoms with Crippen LogP contribution in [0.15, 0.2) is 53.4 Å². The number of nitrogens with one attached hydrogen (secondary N) is 1. The van der Waals surface area contributed by atoms with Crippen LogP contribution in [0.25, 0.3) is 0 Å². The Kier molecular flexibility index (Phi) is 4.89. The zero-order valence-electron chi connectivity index (χ0n) is 12.9. The molecular weight excluding hydrogens is 348 g/mol. The van der Waals surface area contributed by atoms with Gasteiger partial charge < -0.3 is 4.90 Å². The number of carbonyl (C=O) groups excluding carboxylic acids is 1. The van der Waals surface area contributed by atoms with Crippen LogP contribution in [-0.2, 0) is 21.4 Å². The number of hydrogen-bond donors (Lipinski definition) is 1. The molecule has 2 aromatic rings. The molecule has 0 saturated carbocycles. The lowest BCUT2D eigenvalue weighted by atomic mass is 10.2. The molecule has 1 heterocycles.